The van der Waals surface area contributed by atoms with Gasteiger partial charge in [0.15, 0.2) is 6.29 Å². The molecule has 0 aliphatic heterocycles. The van der Waals surface area contributed by atoms with Gasteiger partial charge in [-0.2, -0.15) is 5.10 Å². The van der Waals surface area contributed by atoms with E-state index in [1.54, 1.807) is 0 Å². The number of nitrogens with one attached hydrogen (secondary N) is 1. The predicted molar refractivity (Wildman–Crippen MR) is 99.1 cm³/mol. The van der Waals surface area contributed by atoms with Gasteiger partial charge in [-0.3, -0.25) is 4.79 Å². The lowest BCUT2D eigenvalue weighted by Gasteiger charge is -2.08. The average Bonchev–Trinajstić information content (AvgIpc) is 3.22. The van der Waals surface area contributed by atoms with Gasteiger partial charge in [0.1, 0.15) is 0 Å². The van der Waals surface area contributed by atoms with E-state index in [0.717, 1.165) is 34.3 Å². The highest BCUT2D eigenvalue weighted by Crippen LogP contribution is 2.28. The van der Waals surface area contributed by atoms with Gasteiger partial charge in [-0.1, -0.05) is 23.7 Å². The van der Waals surface area contributed by atoms with E-state index >= 15 is 0 Å². The van der Waals surface area contributed by atoms with Crippen molar-refractivity contribution in [3.05, 3.63) is 70.0 Å². The van der Waals surface area contributed by atoms with Gasteiger partial charge in [0.2, 0.25) is 0 Å². The van der Waals surface area contributed by atoms with Crippen molar-refractivity contribution in [3.63, 3.8) is 0 Å². The van der Waals surface area contributed by atoms with Gasteiger partial charge >= 0.3 is 0 Å². The molecule has 0 spiro atoms. The number of nitrogens with zero attached hydrogens (tertiary/aromatic N) is 2. The summed E-state index contributed by atoms with van der Waals surface area (Å²) >= 11 is 7.59. The van der Waals surface area contributed by atoms with Gasteiger partial charge in [0.05, 0.1) is 33.0 Å². The molecule has 0 atom stereocenters. The molecule has 2 aromatic heterocycles. The van der Waals surface area contributed by atoms with E-state index in [4.69, 9.17) is 11.6 Å². The Morgan fingerprint density at radius 2 is 2.04 bits per heavy atom. The largest absolute Gasteiger partial charge is 0.354 e. The van der Waals surface area contributed by atoms with Gasteiger partial charge in [-0.15, -0.1) is 11.3 Å². The van der Waals surface area contributed by atoms with Crippen LogP contribution in [0, 0.1) is 0 Å². The molecule has 0 radical (unpaired) electrons. The van der Waals surface area contributed by atoms with Crippen LogP contribution in [-0.2, 0) is 0 Å². The number of fused-ring (bicyclic) bond motifs is 1. The van der Waals surface area contributed by atoms with Crippen LogP contribution in [0.25, 0.3) is 16.6 Å². The second kappa shape index (κ2) is 6.11. The van der Waals surface area contributed by atoms with E-state index in [1.165, 1.54) is 11.3 Å². The van der Waals surface area contributed by atoms with Crippen LogP contribution in [0.3, 0.4) is 0 Å². The fourth-order valence-electron chi connectivity index (χ4n) is 2.55. The minimum atomic E-state index is 0.674. The van der Waals surface area contributed by atoms with Gasteiger partial charge in [-0.25, -0.2) is 4.68 Å². The van der Waals surface area contributed by atoms with Gasteiger partial charge in [0, 0.05) is 16.5 Å². The maximum Gasteiger partial charge on any atom is 0.160 e. The topological polar surface area (TPSA) is 46.9 Å². The molecule has 1 N–H and O–H groups in total. The van der Waals surface area contributed by atoms with Crippen LogP contribution in [0.1, 0.15) is 9.67 Å². The van der Waals surface area contributed by atoms with Crippen LogP contribution < -0.4 is 5.32 Å². The highest BCUT2D eigenvalue weighted by Gasteiger charge is 2.08. The molecule has 0 unspecified atom stereocenters. The highest BCUT2D eigenvalue weighted by molar-refractivity contribution is 7.12. The second-order valence-electron chi connectivity index (χ2n) is 5.26. The van der Waals surface area contributed by atoms with E-state index in [9.17, 15) is 4.79 Å². The molecule has 118 valence electrons. The Bertz CT molecular complexity index is 1040. The number of para-hydroxylation sites is 1. The molecule has 0 amide bonds. The van der Waals surface area contributed by atoms with Crippen LogP contribution in [-0.4, -0.2) is 16.1 Å². The quantitative estimate of drug-likeness (QED) is 0.506. The monoisotopic (exact) mass is 353 g/mol. The van der Waals surface area contributed by atoms with Gasteiger partial charge in [0.25, 0.3) is 0 Å². The number of benzene rings is 2. The number of thiophene rings is 1. The number of halogens is 1. The maximum absolute atomic E-state index is 10.9. The minimum Gasteiger partial charge on any atom is -0.354 e. The highest BCUT2D eigenvalue weighted by atomic mass is 35.5. The normalized spacial score (nSPS) is 10.9. The first-order valence-corrected chi connectivity index (χ1v) is 8.54. The Morgan fingerprint density at radius 3 is 2.83 bits per heavy atom. The summed E-state index contributed by atoms with van der Waals surface area (Å²) < 4.78 is 1.83. The Labute approximate surface area is 147 Å². The molecular formula is C18H12ClN3OS. The van der Waals surface area contributed by atoms with Crippen molar-refractivity contribution < 1.29 is 4.79 Å². The van der Waals surface area contributed by atoms with E-state index in [2.05, 4.69) is 10.4 Å². The molecule has 0 aliphatic carbocycles. The molecule has 24 heavy (non-hydrogen) atoms. The standard InChI is InChI=1S/C18H12ClN3OS/c19-16-3-1-2-4-17(16)21-13-5-6-18-12(7-13)9-20-22(18)14-8-15(10-23)24-11-14/h1-11,21H. The summed E-state index contributed by atoms with van der Waals surface area (Å²) in [5.74, 6) is 0. The van der Waals surface area contributed by atoms with Crippen LogP contribution in [0.5, 0.6) is 0 Å². The van der Waals surface area contributed by atoms with E-state index in [-0.39, 0.29) is 0 Å². The van der Waals surface area contributed by atoms with Gasteiger partial charge in [-0.05, 0) is 36.4 Å². The lowest BCUT2D eigenvalue weighted by atomic mass is 10.2. The fraction of sp³-hybridized carbons (Fsp3) is 0. The molecule has 4 aromatic rings. The van der Waals surface area contributed by atoms with Crippen LogP contribution in [0.15, 0.2) is 60.1 Å². The molecule has 2 heterocycles. The zero-order valence-electron chi connectivity index (χ0n) is 12.4. The molecule has 0 fully saturated rings. The third-order valence-corrected chi connectivity index (χ3v) is 4.86. The predicted octanol–water partition coefficient (Wildman–Crippen LogP) is 5.30. The zero-order valence-corrected chi connectivity index (χ0v) is 14.0. The Balaban J connectivity index is 1.70. The molecule has 6 heteroatoms. The third kappa shape index (κ3) is 2.68. The Kier molecular flexibility index (Phi) is 3.80. The summed E-state index contributed by atoms with van der Waals surface area (Å²) in [7, 11) is 0. The summed E-state index contributed by atoms with van der Waals surface area (Å²) in [6, 6.07) is 15.5. The Hall–Kier alpha value is -2.63. The molecule has 4 nitrogen and oxygen atoms in total. The smallest absolute Gasteiger partial charge is 0.160 e. The fourth-order valence-corrected chi connectivity index (χ4v) is 3.40. The van der Waals surface area contributed by atoms with Gasteiger partial charge < -0.3 is 5.32 Å². The van der Waals surface area contributed by atoms with Crippen LogP contribution >= 0.6 is 22.9 Å². The number of carbonyl (C=O) groups excluding carboxylic acids is 1. The number of aldehydes is 1. The lowest BCUT2D eigenvalue weighted by Crippen LogP contribution is -1.94. The molecule has 2 aromatic carbocycles. The summed E-state index contributed by atoms with van der Waals surface area (Å²) in [5.41, 5.74) is 3.67. The van der Waals surface area contributed by atoms with Crippen molar-refractivity contribution in [1.82, 2.24) is 9.78 Å². The summed E-state index contributed by atoms with van der Waals surface area (Å²) in [6.45, 7) is 0. The number of anilines is 2. The molecule has 0 bridgehead atoms. The third-order valence-electron chi connectivity index (χ3n) is 3.69. The van der Waals surface area contributed by atoms with Crippen molar-refractivity contribution in [2.45, 2.75) is 0 Å². The molecule has 0 aliphatic rings. The molecular weight excluding hydrogens is 342 g/mol. The maximum atomic E-state index is 10.9. The van der Waals surface area contributed by atoms with Crippen LogP contribution in [0.4, 0.5) is 11.4 Å². The first-order chi connectivity index (χ1) is 11.7. The van der Waals surface area contributed by atoms with Crippen molar-refractivity contribution in [2.75, 3.05) is 5.32 Å². The molecule has 4 rings (SSSR count). The summed E-state index contributed by atoms with van der Waals surface area (Å²) in [5, 5.41) is 11.3. The lowest BCUT2D eigenvalue weighted by molar-refractivity contribution is 0.112. The molecule has 0 saturated heterocycles. The van der Waals surface area contributed by atoms with Crippen molar-refractivity contribution >= 4 is 51.5 Å². The van der Waals surface area contributed by atoms with E-state index in [0.29, 0.717) is 9.90 Å². The number of carbonyl (C=O) groups is 1. The first-order valence-electron chi connectivity index (χ1n) is 7.28. The zero-order chi connectivity index (χ0) is 16.5. The first kappa shape index (κ1) is 14.9. The number of hydrogen-bond acceptors (Lipinski definition) is 4. The minimum absolute atomic E-state index is 0.674. The second-order valence-corrected chi connectivity index (χ2v) is 6.61. The number of rotatable bonds is 4. The number of aromatic nitrogens is 2. The molecule has 0 saturated carbocycles. The van der Waals surface area contributed by atoms with E-state index in [1.807, 2.05) is 64.8 Å². The summed E-state index contributed by atoms with van der Waals surface area (Å²) in [4.78, 5) is 11.5. The van der Waals surface area contributed by atoms with Crippen molar-refractivity contribution in [2.24, 2.45) is 0 Å². The number of hydrogen-bond donors (Lipinski definition) is 1. The average molecular weight is 354 g/mol. The Morgan fingerprint density at radius 1 is 1.17 bits per heavy atom. The SMILES string of the molecule is O=Cc1cc(-n2ncc3cc(Nc4ccccc4Cl)ccc32)cs1. The summed E-state index contributed by atoms with van der Waals surface area (Å²) in [6.07, 6.45) is 2.66. The van der Waals surface area contributed by atoms with Crippen molar-refractivity contribution in [3.8, 4) is 5.69 Å². The van der Waals surface area contributed by atoms with E-state index < -0.39 is 0 Å². The van der Waals surface area contributed by atoms with Crippen LogP contribution in [0.2, 0.25) is 5.02 Å². The van der Waals surface area contributed by atoms with Crippen molar-refractivity contribution in [1.29, 1.82) is 0 Å².